The molecule has 4 aliphatic carbocycles. The molecular weight excluding hydrogens is 388 g/mol. The summed E-state index contributed by atoms with van der Waals surface area (Å²) in [7, 11) is 4.35. The third-order valence-corrected chi connectivity index (χ3v) is 12.5. The summed E-state index contributed by atoms with van der Waals surface area (Å²) in [4.78, 5) is 0. The summed E-state index contributed by atoms with van der Waals surface area (Å²) in [6.45, 7) is 15.4. The third-order valence-electron chi connectivity index (χ3n) is 12.5. The first kappa shape index (κ1) is 25.0. The highest BCUT2D eigenvalue weighted by Gasteiger charge is 2.60. The van der Waals surface area contributed by atoms with Crippen LogP contribution in [0.3, 0.4) is 0 Å². The molecule has 4 fully saturated rings. The highest BCUT2D eigenvalue weighted by Crippen LogP contribution is 2.68. The average Bonchev–Trinajstić information content (AvgIpc) is 3.13. The summed E-state index contributed by atoms with van der Waals surface area (Å²) in [6, 6.07) is 0.744. The fraction of sp³-hybridized carbons (Fsp3) is 1.00. The number of hydrogen-bond donors (Lipinski definition) is 1. The summed E-state index contributed by atoms with van der Waals surface area (Å²) in [5, 5.41) is 2.40. The average molecular weight is 445 g/mol. The molecule has 0 spiro atoms. The van der Waals surface area contributed by atoms with Gasteiger partial charge in [-0.25, -0.2) is 5.01 Å². The maximum atomic E-state index is 3.41. The standard InChI is InChI=1S/C30H56N2/c1-20(2)21(3)9-10-22(4)26-13-14-27-25-12-11-23-19-24(32(8)31-7)15-17-29(23,5)28(25)16-18-30(26,27)6/h20-28,31H,9-19H2,1-8H3/t21?,22-,23?,24?,25?,26?,27?,28?,29?,30?/m1/s1. The van der Waals surface area contributed by atoms with Crippen molar-refractivity contribution in [3.05, 3.63) is 0 Å². The van der Waals surface area contributed by atoms with Crippen molar-refractivity contribution in [2.75, 3.05) is 14.1 Å². The monoisotopic (exact) mass is 444 g/mol. The second-order valence-electron chi connectivity index (χ2n) is 13.9. The van der Waals surface area contributed by atoms with Gasteiger partial charge in [0.2, 0.25) is 0 Å². The molecule has 0 aromatic carbocycles. The molecule has 0 aromatic rings. The summed E-state index contributed by atoms with van der Waals surface area (Å²) in [5.74, 6) is 7.63. The highest BCUT2D eigenvalue weighted by molar-refractivity contribution is 5.10. The Morgan fingerprint density at radius 3 is 2.22 bits per heavy atom. The number of rotatable bonds is 7. The Bertz CT molecular complexity index is 630. The van der Waals surface area contributed by atoms with Gasteiger partial charge in [0.25, 0.3) is 0 Å². The van der Waals surface area contributed by atoms with E-state index < -0.39 is 0 Å². The van der Waals surface area contributed by atoms with Crippen molar-refractivity contribution in [1.82, 2.24) is 10.4 Å². The van der Waals surface area contributed by atoms with Crippen molar-refractivity contribution in [1.29, 1.82) is 0 Å². The molecule has 1 N–H and O–H groups in total. The molecule has 0 heterocycles. The van der Waals surface area contributed by atoms with E-state index in [2.05, 4.69) is 66.1 Å². The second kappa shape index (κ2) is 9.52. The lowest BCUT2D eigenvalue weighted by Crippen LogP contribution is -2.56. The summed E-state index contributed by atoms with van der Waals surface area (Å²) < 4.78 is 0. The Morgan fingerprint density at radius 2 is 1.53 bits per heavy atom. The van der Waals surface area contributed by atoms with Crippen molar-refractivity contribution in [2.45, 2.75) is 118 Å². The zero-order valence-corrected chi connectivity index (χ0v) is 22.9. The Hall–Kier alpha value is -0.0800. The van der Waals surface area contributed by atoms with Crippen molar-refractivity contribution < 1.29 is 0 Å². The topological polar surface area (TPSA) is 15.3 Å². The molecule has 10 atom stereocenters. The van der Waals surface area contributed by atoms with E-state index in [1.165, 1.54) is 70.6 Å². The molecule has 0 aliphatic heterocycles. The number of fused-ring (bicyclic) bond motifs is 5. The highest BCUT2D eigenvalue weighted by atomic mass is 15.5. The van der Waals surface area contributed by atoms with Crippen LogP contribution >= 0.6 is 0 Å². The molecule has 4 rings (SSSR count). The van der Waals surface area contributed by atoms with Gasteiger partial charge in [-0.05, 0) is 123 Å². The molecule has 4 aliphatic rings. The molecule has 4 saturated carbocycles. The van der Waals surface area contributed by atoms with Crippen LogP contribution in [-0.4, -0.2) is 25.1 Å². The summed E-state index contributed by atoms with van der Waals surface area (Å²) >= 11 is 0. The molecule has 186 valence electrons. The zero-order chi connectivity index (χ0) is 23.3. The van der Waals surface area contributed by atoms with Gasteiger partial charge in [-0.15, -0.1) is 0 Å². The molecular formula is C30H56N2. The minimum absolute atomic E-state index is 0.617. The maximum absolute atomic E-state index is 3.41. The molecule has 0 amide bonds. The smallest absolute Gasteiger partial charge is 0.0243 e. The number of hydrazine groups is 1. The van der Waals surface area contributed by atoms with Crippen LogP contribution in [0.4, 0.5) is 0 Å². The van der Waals surface area contributed by atoms with Crippen LogP contribution in [-0.2, 0) is 0 Å². The van der Waals surface area contributed by atoms with Gasteiger partial charge in [-0.2, -0.15) is 0 Å². The molecule has 2 nitrogen and oxygen atoms in total. The quantitative estimate of drug-likeness (QED) is 0.403. The second-order valence-corrected chi connectivity index (χ2v) is 13.9. The van der Waals surface area contributed by atoms with Crippen LogP contribution in [0.2, 0.25) is 0 Å². The van der Waals surface area contributed by atoms with Gasteiger partial charge in [0, 0.05) is 13.1 Å². The van der Waals surface area contributed by atoms with Gasteiger partial charge in [0.15, 0.2) is 0 Å². The van der Waals surface area contributed by atoms with Crippen LogP contribution in [0.1, 0.15) is 112 Å². The zero-order valence-electron chi connectivity index (χ0n) is 22.9. The van der Waals surface area contributed by atoms with Crippen LogP contribution in [0, 0.1) is 58.2 Å². The summed E-state index contributed by atoms with van der Waals surface area (Å²) in [6.07, 6.45) is 16.3. The van der Waals surface area contributed by atoms with Gasteiger partial charge in [-0.1, -0.05) is 54.4 Å². The van der Waals surface area contributed by atoms with E-state index in [-0.39, 0.29) is 0 Å². The predicted molar refractivity (Wildman–Crippen MR) is 138 cm³/mol. The van der Waals surface area contributed by atoms with E-state index in [9.17, 15) is 0 Å². The molecule has 0 aromatic heterocycles. The van der Waals surface area contributed by atoms with E-state index in [0.29, 0.717) is 10.8 Å². The Morgan fingerprint density at radius 1 is 0.844 bits per heavy atom. The van der Waals surface area contributed by atoms with Gasteiger partial charge in [0.05, 0.1) is 0 Å². The summed E-state index contributed by atoms with van der Waals surface area (Å²) in [5.41, 5.74) is 4.66. The number of nitrogens with one attached hydrogen (secondary N) is 1. The lowest BCUT2D eigenvalue weighted by molar-refractivity contribution is -0.125. The minimum Gasteiger partial charge on any atom is -0.258 e. The first-order chi connectivity index (χ1) is 15.1. The fourth-order valence-electron chi connectivity index (χ4n) is 9.81. The van der Waals surface area contributed by atoms with E-state index in [4.69, 9.17) is 0 Å². The van der Waals surface area contributed by atoms with E-state index >= 15 is 0 Å². The molecule has 0 radical (unpaired) electrons. The van der Waals surface area contributed by atoms with Gasteiger partial charge >= 0.3 is 0 Å². The van der Waals surface area contributed by atoms with Crippen LogP contribution in [0.15, 0.2) is 0 Å². The number of nitrogens with zero attached hydrogens (tertiary/aromatic N) is 1. The molecule has 9 unspecified atom stereocenters. The first-order valence-electron chi connectivity index (χ1n) is 14.5. The van der Waals surface area contributed by atoms with Crippen LogP contribution in [0.5, 0.6) is 0 Å². The first-order valence-corrected chi connectivity index (χ1v) is 14.5. The van der Waals surface area contributed by atoms with E-state index in [1.54, 1.807) is 0 Å². The Kier molecular flexibility index (Phi) is 7.45. The lowest BCUT2D eigenvalue weighted by atomic mass is 9.44. The molecule has 0 bridgehead atoms. The van der Waals surface area contributed by atoms with Crippen molar-refractivity contribution >= 4 is 0 Å². The molecule has 2 heteroatoms. The van der Waals surface area contributed by atoms with Gasteiger partial charge in [-0.3, -0.25) is 5.43 Å². The fourth-order valence-corrected chi connectivity index (χ4v) is 9.81. The predicted octanol–water partition coefficient (Wildman–Crippen LogP) is 7.79. The van der Waals surface area contributed by atoms with Crippen LogP contribution in [0.25, 0.3) is 0 Å². The molecule has 0 saturated heterocycles. The third kappa shape index (κ3) is 4.23. The number of hydrogen-bond acceptors (Lipinski definition) is 2. The normalized spacial score (nSPS) is 45.9. The minimum atomic E-state index is 0.617. The van der Waals surface area contributed by atoms with Gasteiger partial charge < -0.3 is 0 Å². The van der Waals surface area contributed by atoms with Crippen molar-refractivity contribution in [3.8, 4) is 0 Å². The van der Waals surface area contributed by atoms with Crippen molar-refractivity contribution in [3.63, 3.8) is 0 Å². The SMILES string of the molecule is CNN(C)C1CCC2(C)C(CCC3C2CCC2(C)C3CCC2[C@H](C)CCC(C)C(C)C)C1. The van der Waals surface area contributed by atoms with Crippen molar-refractivity contribution in [2.24, 2.45) is 58.2 Å². The largest absolute Gasteiger partial charge is 0.258 e. The Labute approximate surface area is 201 Å². The lowest BCUT2D eigenvalue weighted by Gasteiger charge is -2.61. The van der Waals surface area contributed by atoms with E-state index in [0.717, 1.165) is 53.4 Å². The molecule has 32 heavy (non-hydrogen) atoms. The van der Waals surface area contributed by atoms with Crippen LogP contribution < -0.4 is 5.43 Å². The van der Waals surface area contributed by atoms with Gasteiger partial charge in [0.1, 0.15) is 0 Å². The van der Waals surface area contributed by atoms with E-state index in [1.807, 2.05) is 0 Å². The maximum Gasteiger partial charge on any atom is 0.0243 e. The Balaban J connectivity index is 1.44.